The summed E-state index contributed by atoms with van der Waals surface area (Å²) < 4.78 is 0. The third-order valence-electron chi connectivity index (χ3n) is 4.56. The van der Waals surface area contributed by atoms with Crippen molar-refractivity contribution in [2.24, 2.45) is 0 Å². The van der Waals surface area contributed by atoms with Gasteiger partial charge in [0.25, 0.3) is 11.5 Å². The van der Waals surface area contributed by atoms with Crippen LogP contribution in [0.4, 0.5) is 0 Å². The molecule has 1 aliphatic rings. The number of aromatic amines is 1. The quantitative estimate of drug-likeness (QED) is 0.773. The molecule has 1 N–H and O–H groups in total. The number of nitrogens with zero attached hydrogens (tertiary/aromatic N) is 3. The van der Waals surface area contributed by atoms with E-state index in [9.17, 15) is 9.59 Å². The van der Waals surface area contributed by atoms with Crippen LogP contribution in [0.1, 0.15) is 34.9 Å². The molecule has 1 aliphatic heterocycles. The van der Waals surface area contributed by atoms with Crippen molar-refractivity contribution in [1.82, 2.24) is 19.9 Å². The van der Waals surface area contributed by atoms with Gasteiger partial charge in [-0.05, 0) is 36.4 Å². The van der Waals surface area contributed by atoms with E-state index >= 15 is 0 Å². The third kappa shape index (κ3) is 3.43. The minimum Gasteiger partial charge on any atom is -0.338 e. The molecular formula is C19H18N4O2S. The number of nitrogens with one attached hydrogen (secondary N) is 1. The second-order valence-electron chi connectivity index (χ2n) is 6.32. The zero-order chi connectivity index (χ0) is 17.9. The van der Waals surface area contributed by atoms with Crippen molar-refractivity contribution in [3.63, 3.8) is 0 Å². The summed E-state index contributed by atoms with van der Waals surface area (Å²) in [4.78, 5) is 39.1. The SMILES string of the molecule is O=C(c1ccncc1)N1CCC[C@H](c2nc(-c3cccs3)cc(=O)[nH]2)C1. The zero-order valence-electron chi connectivity index (χ0n) is 14.1. The van der Waals surface area contributed by atoms with Crippen LogP contribution in [-0.4, -0.2) is 38.8 Å². The number of hydrogen-bond donors (Lipinski definition) is 1. The number of piperidine rings is 1. The molecule has 7 heteroatoms. The fourth-order valence-electron chi connectivity index (χ4n) is 3.28. The molecule has 1 amide bonds. The first kappa shape index (κ1) is 16.7. The number of carbonyl (C=O) groups excluding carboxylic acids is 1. The van der Waals surface area contributed by atoms with Gasteiger partial charge in [-0.3, -0.25) is 14.6 Å². The standard InChI is InChI=1S/C19H18N4O2S/c24-17-11-15(16-4-2-10-26-16)21-18(22-17)14-3-1-9-23(12-14)19(25)13-5-7-20-8-6-13/h2,4-8,10-11,14H,1,3,9,12H2,(H,21,22,24)/t14-/m0/s1. The number of hydrogen-bond acceptors (Lipinski definition) is 5. The highest BCUT2D eigenvalue weighted by molar-refractivity contribution is 7.13. The van der Waals surface area contributed by atoms with E-state index in [1.165, 1.54) is 6.07 Å². The summed E-state index contributed by atoms with van der Waals surface area (Å²) in [5, 5.41) is 1.97. The minimum absolute atomic E-state index is 0.00569. The second-order valence-corrected chi connectivity index (χ2v) is 7.27. The molecule has 26 heavy (non-hydrogen) atoms. The van der Waals surface area contributed by atoms with Crippen LogP contribution in [0.3, 0.4) is 0 Å². The lowest BCUT2D eigenvalue weighted by molar-refractivity contribution is 0.0704. The van der Waals surface area contributed by atoms with Crippen molar-refractivity contribution in [3.8, 4) is 10.6 Å². The Bertz CT molecular complexity index is 953. The largest absolute Gasteiger partial charge is 0.338 e. The van der Waals surface area contributed by atoms with Gasteiger partial charge in [-0.15, -0.1) is 11.3 Å². The first-order chi connectivity index (χ1) is 12.7. The maximum atomic E-state index is 12.7. The van der Waals surface area contributed by atoms with E-state index in [-0.39, 0.29) is 17.4 Å². The van der Waals surface area contributed by atoms with Gasteiger partial charge in [0, 0.05) is 43.0 Å². The molecule has 0 spiro atoms. The monoisotopic (exact) mass is 366 g/mol. The fraction of sp³-hybridized carbons (Fsp3) is 0.263. The van der Waals surface area contributed by atoms with Gasteiger partial charge >= 0.3 is 0 Å². The maximum absolute atomic E-state index is 12.7. The van der Waals surface area contributed by atoms with Crippen LogP contribution in [0.15, 0.2) is 52.9 Å². The van der Waals surface area contributed by atoms with Gasteiger partial charge in [0.1, 0.15) is 5.82 Å². The molecule has 0 aliphatic carbocycles. The number of thiophene rings is 1. The highest BCUT2D eigenvalue weighted by Crippen LogP contribution is 2.27. The number of pyridine rings is 1. The topological polar surface area (TPSA) is 79.0 Å². The number of likely N-dealkylation sites (tertiary alicyclic amines) is 1. The second kappa shape index (κ2) is 7.21. The van der Waals surface area contributed by atoms with E-state index in [1.54, 1.807) is 35.9 Å². The maximum Gasteiger partial charge on any atom is 0.253 e. The average molecular weight is 366 g/mol. The Morgan fingerprint density at radius 2 is 2.12 bits per heavy atom. The summed E-state index contributed by atoms with van der Waals surface area (Å²) in [7, 11) is 0. The lowest BCUT2D eigenvalue weighted by atomic mass is 9.96. The van der Waals surface area contributed by atoms with Crippen LogP contribution in [0, 0.1) is 0 Å². The number of amides is 1. The van der Waals surface area contributed by atoms with E-state index in [4.69, 9.17) is 0 Å². The average Bonchev–Trinajstić information content (AvgIpc) is 3.23. The molecule has 0 radical (unpaired) electrons. The summed E-state index contributed by atoms with van der Waals surface area (Å²) in [6.07, 6.45) is 5.03. The van der Waals surface area contributed by atoms with E-state index in [1.807, 2.05) is 22.4 Å². The molecule has 132 valence electrons. The van der Waals surface area contributed by atoms with Crippen LogP contribution in [-0.2, 0) is 0 Å². The highest BCUT2D eigenvalue weighted by Gasteiger charge is 2.27. The number of aromatic nitrogens is 3. The van der Waals surface area contributed by atoms with Crippen LogP contribution in [0.25, 0.3) is 10.6 Å². The molecule has 3 aromatic rings. The molecule has 0 bridgehead atoms. The van der Waals surface area contributed by atoms with Crippen LogP contribution >= 0.6 is 11.3 Å². The zero-order valence-corrected chi connectivity index (χ0v) is 14.9. The molecule has 0 aromatic carbocycles. The van der Waals surface area contributed by atoms with E-state index in [0.29, 0.717) is 30.2 Å². The van der Waals surface area contributed by atoms with Gasteiger partial charge in [0.15, 0.2) is 0 Å². The lowest BCUT2D eigenvalue weighted by Gasteiger charge is -2.32. The molecule has 0 saturated carbocycles. The van der Waals surface area contributed by atoms with Crippen LogP contribution in [0.5, 0.6) is 0 Å². The van der Waals surface area contributed by atoms with Gasteiger partial charge in [0.05, 0.1) is 10.6 Å². The molecule has 6 nitrogen and oxygen atoms in total. The van der Waals surface area contributed by atoms with Crippen molar-refractivity contribution in [3.05, 3.63) is 69.8 Å². The molecule has 4 rings (SSSR count). The molecule has 1 saturated heterocycles. The van der Waals surface area contributed by atoms with Crippen molar-refractivity contribution in [2.45, 2.75) is 18.8 Å². The molecule has 4 heterocycles. The summed E-state index contributed by atoms with van der Waals surface area (Å²) in [6.45, 7) is 1.27. The fourth-order valence-corrected chi connectivity index (χ4v) is 3.97. The number of rotatable bonds is 3. The normalized spacial score (nSPS) is 17.2. The summed E-state index contributed by atoms with van der Waals surface area (Å²) in [6, 6.07) is 8.87. The van der Waals surface area contributed by atoms with Crippen LogP contribution < -0.4 is 5.56 Å². The Balaban J connectivity index is 1.58. The van der Waals surface area contributed by atoms with Crippen molar-refractivity contribution in [1.29, 1.82) is 0 Å². The molecule has 1 fully saturated rings. The summed E-state index contributed by atoms with van der Waals surface area (Å²) >= 11 is 1.56. The van der Waals surface area contributed by atoms with Crippen LogP contribution in [0.2, 0.25) is 0 Å². The molecule has 1 atom stereocenters. The predicted molar refractivity (Wildman–Crippen MR) is 100 cm³/mol. The summed E-state index contributed by atoms with van der Waals surface area (Å²) in [5.74, 6) is 0.684. The minimum atomic E-state index is -0.156. The Hall–Kier alpha value is -2.80. The predicted octanol–water partition coefficient (Wildman–Crippen LogP) is 2.91. The number of H-pyrrole nitrogens is 1. The molecule has 3 aromatic heterocycles. The Morgan fingerprint density at radius 1 is 1.27 bits per heavy atom. The Labute approximate surface area is 154 Å². The van der Waals surface area contributed by atoms with E-state index in [0.717, 1.165) is 17.7 Å². The van der Waals surface area contributed by atoms with Gasteiger partial charge < -0.3 is 9.88 Å². The van der Waals surface area contributed by atoms with Crippen molar-refractivity contribution < 1.29 is 4.79 Å². The van der Waals surface area contributed by atoms with Gasteiger partial charge in [-0.2, -0.15) is 0 Å². The molecule has 0 unspecified atom stereocenters. The lowest BCUT2D eigenvalue weighted by Crippen LogP contribution is -2.39. The van der Waals surface area contributed by atoms with Crippen molar-refractivity contribution >= 4 is 17.2 Å². The molecular weight excluding hydrogens is 348 g/mol. The van der Waals surface area contributed by atoms with Crippen molar-refractivity contribution in [2.75, 3.05) is 13.1 Å². The number of carbonyl (C=O) groups is 1. The smallest absolute Gasteiger partial charge is 0.253 e. The van der Waals surface area contributed by atoms with E-state index < -0.39 is 0 Å². The Kier molecular flexibility index (Phi) is 4.62. The van der Waals surface area contributed by atoms with Gasteiger partial charge in [-0.1, -0.05) is 6.07 Å². The van der Waals surface area contributed by atoms with Gasteiger partial charge in [-0.25, -0.2) is 4.98 Å². The first-order valence-electron chi connectivity index (χ1n) is 8.55. The third-order valence-corrected chi connectivity index (χ3v) is 5.45. The Morgan fingerprint density at radius 3 is 2.88 bits per heavy atom. The first-order valence-corrected chi connectivity index (χ1v) is 9.43. The van der Waals surface area contributed by atoms with Gasteiger partial charge in [0.2, 0.25) is 0 Å². The summed E-state index contributed by atoms with van der Waals surface area (Å²) in [5.41, 5.74) is 1.17. The highest BCUT2D eigenvalue weighted by atomic mass is 32.1. The van der Waals surface area contributed by atoms with E-state index in [2.05, 4.69) is 15.0 Å².